The average molecular weight is 494 g/mol. The van der Waals surface area contributed by atoms with Crippen molar-refractivity contribution in [1.29, 1.82) is 5.26 Å². The SMILES string of the molecule is CSNc1nccc(COc2ccc(C(C)(C)c3cc(F)c(N4CCOCC4)c(C#N)c3)cc2)n1. The number of nitriles is 1. The number of morpholine rings is 1. The summed E-state index contributed by atoms with van der Waals surface area (Å²) < 4.78 is 29.5. The van der Waals surface area contributed by atoms with E-state index in [2.05, 4.69) is 20.8 Å². The van der Waals surface area contributed by atoms with Gasteiger partial charge >= 0.3 is 0 Å². The second-order valence-corrected chi connectivity index (χ2v) is 9.29. The quantitative estimate of drug-likeness (QED) is 0.443. The summed E-state index contributed by atoms with van der Waals surface area (Å²) in [4.78, 5) is 10.4. The maximum absolute atomic E-state index is 15.3. The first kappa shape index (κ1) is 24.8. The number of hydrogen-bond donors (Lipinski definition) is 1. The Morgan fingerprint density at radius 2 is 1.91 bits per heavy atom. The highest BCUT2D eigenvalue weighted by Crippen LogP contribution is 2.36. The van der Waals surface area contributed by atoms with E-state index in [1.54, 1.807) is 18.3 Å². The van der Waals surface area contributed by atoms with Gasteiger partial charge in [0.05, 0.1) is 30.2 Å². The van der Waals surface area contributed by atoms with Crippen molar-refractivity contribution in [2.24, 2.45) is 0 Å². The molecule has 1 aliphatic heterocycles. The van der Waals surface area contributed by atoms with Crippen LogP contribution in [-0.4, -0.2) is 42.5 Å². The molecule has 7 nitrogen and oxygen atoms in total. The molecule has 182 valence electrons. The molecule has 1 saturated heterocycles. The number of anilines is 2. The van der Waals surface area contributed by atoms with Crippen molar-refractivity contribution in [3.05, 3.63) is 76.9 Å². The van der Waals surface area contributed by atoms with Gasteiger partial charge in [0.15, 0.2) is 0 Å². The summed E-state index contributed by atoms with van der Waals surface area (Å²) in [6.07, 6.45) is 3.60. The molecule has 1 aromatic heterocycles. The van der Waals surface area contributed by atoms with Gasteiger partial charge in [0, 0.05) is 31.0 Å². The van der Waals surface area contributed by atoms with Crippen LogP contribution >= 0.6 is 11.9 Å². The molecule has 3 aromatic rings. The van der Waals surface area contributed by atoms with Gasteiger partial charge in [0.2, 0.25) is 5.95 Å². The van der Waals surface area contributed by atoms with E-state index in [1.165, 1.54) is 11.9 Å². The molecule has 4 rings (SSSR count). The molecule has 1 aliphatic rings. The zero-order valence-corrected chi connectivity index (χ0v) is 20.9. The third-order valence-electron chi connectivity index (χ3n) is 6.10. The van der Waals surface area contributed by atoms with Gasteiger partial charge in [-0.25, -0.2) is 14.4 Å². The number of ether oxygens (including phenoxy) is 2. The first-order valence-electron chi connectivity index (χ1n) is 11.3. The molecule has 0 spiro atoms. The highest BCUT2D eigenvalue weighted by Gasteiger charge is 2.28. The van der Waals surface area contributed by atoms with E-state index < -0.39 is 5.41 Å². The Balaban J connectivity index is 1.51. The number of nitrogens with one attached hydrogen (secondary N) is 1. The minimum Gasteiger partial charge on any atom is -0.487 e. The molecule has 0 atom stereocenters. The van der Waals surface area contributed by atoms with E-state index in [0.29, 0.717) is 55.9 Å². The van der Waals surface area contributed by atoms with E-state index in [9.17, 15) is 5.26 Å². The first-order valence-corrected chi connectivity index (χ1v) is 12.6. The molecule has 0 radical (unpaired) electrons. The van der Waals surface area contributed by atoms with Gasteiger partial charge in [0.1, 0.15) is 24.2 Å². The van der Waals surface area contributed by atoms with Crippen LogP contribution in [0.1, 0.15) is 36.2 Å². The highest BCUT2D eigenvalue weighted by molar-refractivity contribution is 7.99. The van der Waals surface area contributed by atoms with Gasteiger partial charge in [-0.05, 0) is 41.5 Å². The van der Waals surface area contributed by atoms with Crippen LogP contribution < -0.4 is 14.4 Å². The van der Waals surface area contributed by atoms with Gasteiger partial charge in [-0.3, -0.25) is 4.72 Å². The maximum Gasteiger partial charge on any atom is 0.233 e. The molecule has 0 amide bonds. The Kier molecular flexibility index (Phi) is 7.73. The van der Waals surface area contributed by atoms with Crippen LogP contribution in [0.5, 0.6) is 5.75 Å². The highest BCUT2D eigenvalue weighted by atomic mass is 32.2. The molecular weight excluding hydrogens is 465 g/mol. The lowest BCUT2D eigenvalue weighted by molar-refractivity contribution is 0.122. The predicted octanol–water partition coefficient (Wildman–Crippen LogP) is 4.92. The molecule has 0 aliphatic carbocycles. The molecule has 0 unspecified atom stereocenters. The molecular formula is C26H28FN5O2S. The fourth-order valence-corrected chi connectivity index (χ4v) is 4.34. The number of rotatable bonds is 8. The molecule has 0 bridgehead atoms. The molecule has 35 heavy (non-hydrogen) atoms. The second-order valence-electron chi connectivity index (χ2n) is 8.68. The van der Waals surface area contributed by atoms with Crippen molar-refractivity contribution in [3.63, 3.8) is 0 Å². The average Bonchev–Trinajstić information content (AvgIpc) is 2.88. The number of hydrogen-bond acceptors (Lipinski definition) is 8. The topological polar surface area (TPSA) is 83.3 Å². The van der Waals surface area contributed by atoms with Crippen molar-refractivity contribution in [3.8, 4) is 11.8 Å². The standard InChI is InChI=1S/C26H28FN5O2S/c1-26(2,20-14-18(16-28)24(23(27)15-20)32-10-12-33-13-11-32)19-4-6-22(7-5-19)34-17-21-8-9-29-25(30-21)31-35-3/h4-9,14-15H,10-13,17H2,1-3H3,(H,29,30,31). The van der Waals surface area contributed by atoms with Gasteiger partial charge in [0.25, 0.3) is 0 Å². The lowest BCUT2D eigenvalue weighted by Gasteiger charge is -2.32. The fraction of sp³-hybridized carbons (Fsp3) is 0.346. The molecule has 1 fully saturated rings. The van der Waals surface area contributed by atoms with Crippen LogP contribution in [0, 0.1) is 17.1 Å². The number of benzene rings is 2. The van der Waals surface area contributed by atoms with Crippen molar-refractivity contribution in [1.82, 2.24) is 9.97 Å². The Labute approximate surface area is 209 Å². The molecule has 2 aromatic carbocycles. The van der Waals surface area contributed by atoms with Crippen LogP contribution in [0.25, 0.3) is 0 Å². The molecule has 9 heteroatoms. The Hall–Kier alpha value is -3.35. The van der Waals surface area contributed by atoms with Crippen LogP contribution in [0.3, 0.4) is 0 Å². The zero-order valence-electron chi connectivity index (χ0n) is 20.0. The maximum atomic E-state index is 15.3. The van der Waals surface area contributed by atoms with E-state index in [0.717, 1.165) is 16.8 Å². The summed E-state index contributed by atoms with van der Waals surface area (Å²) in [6.45, 7) is 6.55. The zero-order chi connectivity index (χ0) is 24.8. The molecule has 1 N–H and O–H groups in total. The van der Waals surface area contributed by atoms with E-state index in [-0.39, 0.29) is 5.82 Å². The Morgan fingerprint density at radius 1 is 1.17 bits per heavy atom. The summed E-state index contributed by atoms with van der Waals surface area (Å²) in [5.74, 6) is 0.863. The second kappa shape index (κ2) is 10.9. The van der Waals surface area contributed by atoms with Crippen molar-refractivity contribution >= 4 is 23.6 Å². The molecule has 0 saturated carbocycles. The van der Waals surface area contributed by atoms with E-state index in [4.69, 9.17) is 9.47 Å². The summed E-state index contributed by atoms with van der Waals surface area (Å²) in [5, 5.41) is 9.77. The van der Waals surface area contributed by atoms with E-state index in [1.807, 2.05) is 55.3 Å². The summed E-state index contributed by atoms with van der Waals surface area (Å²) in [7, 11) is 0. The smallest absolute Gasteiger partial charge is 0.233 e. The third kappa shape index (κ3) is 5.66. The van der Waals surface area contributed by atoms with Gasteiger partial charge in [-0.2, -0.15) is 5.26 Å². The van der Waals surface area contributed by atoms with Crippen LogP contribution in [-0.2, 0) is 16.8 Å². The van der Waals surface area contributed by atoms with Crippen LogP contribution in [0.4, 0.5) is 16.0 Å². The lowest BCUT2D eigenvalue weighted by Crippen LogP contribution is -2.37. The van der Waals surface area contributed by atoms with Gasteiger partial charge in [-0.15, -0.1) is 0 Å². The van der Waals surface area contributed by atoms with Crippen molar-refractivity contribution in [2.45, 2.75) is 25.9 Å². The fourth-order valence-electron chi connectivity index (χ4n) is 4.06. The van der Waals surface area contributed by atoms with Gasteiger partial charge < -0.3 is 14.4 Å². The minimum absolute atomic E-state index is 0.314. The van der Waals surface area contributed by atoms with Crippen LogP contribution in [0.15, 0.2) is 48.7 Å². The third-order valence-corrected chi connectivity index (χ3v) is 6.49. The van der Waals surface area contributed by atoms with Gasteiger partial charge in [-0.1, -0.05) is 37.9 Å². The Bertz CT molecular complexity index is 1210. The normalized spacial score (nSPS) is 13.9. The predicted molar refractivity (Wildman–Crippen MR) is 136 cm³/mol. The summed E-state index contributed by atoms with van der Waals surface area (Å²) >= 11 is 1.43. The van der Waals surface area contributed by atoms with E-state index >= 15 is 4.39 Å². The lowest BCUT2D eigenvalue weighted by atomic mass is 9.77. The number of aromatic nitrogens is 2. The van der Waals surface area contributed by atoms with Crippen LogP contribution in [0.2, 0.25) is 0 Å². The number of nitrogens with zero attached hydrogens (tertiary/aromatic N) is 4. The van der Waals surface area contributed by atoms with Crippen molar-refractivity contribution < 1.29 is 13.9 Å². The van der Waals surface area contributed by atoms with Crippen molar-refractivity contribution in [2.75, 3.05) is 42.2 Å². The Morgan fingerprint density at radius 3 is 2.60 bits per heavy atom. The monoisotopic (exact) mass is 493 g/mol. The minimum atomic E-state index is -0.514. The number of halogens is 1. The summed E-state index contributed by atoms with van der Waals surface area (Å²) in [5.41, 5.74) is 2.68. The largest absolute Gasteiger partial charge is 0.487 e. The molecule has 2 heterocycles. The summed E-state index contributed by atoms with van der Waals surface area (Å²) in [6, 6.07) is 15.1. The first-order chi connectivity index (χ1) is 16.9.